The Morgan fingerprint density at radius 1 is 0.933 bits per heavy atom. The highest BCUT2D eigenvalue weighted by Crippen LogP contribution is 2.28. The molecule has 1 fully saturated rings. The van der Waals surface area contributed by atoms with Gasteiger partial charge in [-0.05, 0) is 49.4 Å². The van der Waals surface area contributed by atoms with Crippen LogP contribution in [0, 0.1) is 0 Å². The van der Waals surface area contributed by atoms with Gasteiger partial charge < -0.3 is 24.8 Å². The van der Waals surface area contributed by atoms with Gasteiger partial charge >= 0.3 is 0 Å². The van der Waals surface area contributed by atoms with Gasteiger partial charge in [0.15, 0.2) is 17.5 Å². The molecule has 0 aromatic heterocycles. The van der Waals surface area contributed by atoms with Crippen LogP contribution in [0.3, 0.4) is 0 Å². The van der Waals surface area contributed by atoms with Gasteiger partial charge in [-0.1, -0.05) is 24.3 Å². The van der Waals surface area contributed by atoms with E-state index in [2.05, 4.69) is 27.8 Å². The Morgan fingerprint density at radius 3 is 2.33 bits per heavy atom. The molecule has 0 heterocycles. The van der Waals surface area contributed by atoms with E-state index in [1.807, 2.05) is 30.3 Å². The molecule has 0 aliphatic heterocycles. The lowest BCUT2D eigenvalue weighted by Gasteiger charge is -2.18. The van der Waals surface area contributed by atoms with Crippen molar-refractivity contribution >= 4 is 29.9 Å². The van der Waals surface area contributed by atoms with E-state index in [0.717, 1.165) is 41.4 Å². The predicted octanol–water partition coefficient (Wildman–Crippen LogP) is 4.51. The third-order valence-corrected chi connectivity index (χ3v) is 5.15. The summed E-state index contributed by atoms with van der Waals surface area (Å²) in [6.45, 7) is 1.27. The Hall–Kier alpha value is -2.16. The lowest BCUT2D eigenvalue weighted by atomic mass is 10.2. The minimum absolute atomic E-state index is 0. The van der Waals surface area contributed by atoms with Crippen molar-refractivity contribution in [2.45, 2.75) is 44.9 Å². The van der Waals surface area contributed by atoms with Gasteiger partial charge in [0.2, 0.25) is 0 Å². The van der Waals surface area contributed by atoms with Gasteiger partial charge in [-0.2, -0.15) is 0 Å². The number of hydrogen-bond donors (Lipinski definition) is 2. The van der Waals surface area contributed by atoms with Gasteiger partial charge in [0.05, 0.1) is 20.3 Å². The Balaban J connectivity index is 0.00000320. The molecule has 0 amide bonds. The number of rotatable bonds is 8. The zero-order valence-electron chi connectivity index (χ0n) is 17.9. The van der Waals surface area contributed by atoms with Gasteiger partial charge in [0.1, 0.15) is 5.75 Å². The monoisotopic (exact) mass is 525 g/mol. The fourth-order valence-corrected chi connectivity index (χ4v) is 3.53. The molecule has 6 nitrogen and oxygen atoms in total. The molecule has 1 aliphatic carbocycles. The van der Waals surface area contributed by atoms with Gasteiger partial charge in [0, 0.05) is 25.7 Å². The van der Waals surface area contributed by atoms with Crippen LogP contribution in [0.5, 0.6) is 17.2 Å². The minimum atomic E-state index is 0. The van der Waals surface area contributed by atoms with Crippen molar-refractivity contribution in [3.8, 4) is 17.2 Å². The number of nitrogens with one attached hydrogen (secondary N) is 2. The van der Waals surface area contributed by atoms with Crippen molar-refractivity contribution in [2.75, 3.05) is 21.3 Å². The van der Waals surface area contributed by atoms with E-state index in [9.17, 15) is 0 Å². The molecule has 0 atom stereocenters. The fraction of sp³-hybridized carbons (Fsp3) is 0.435. The lowest BCUT2D eigenvalue weighted by molar-refractivity contribution is 0.208. The number of methoxy groups -OCH3 is 2. The van der Waals surface area contributed by atoms with E-state index < -0.39 is 0 Å². The van der Waals surface area contributed by atoms with Crippen LogP contribution in [-0.2, 0) is 13.1 Å². The first-order chi connectivity index (χ1) is 14.2. The number of hydrogen-bond acceptors (Lipinski definition) is 4. The van der Waals surface area contributed by atoms with E-state index in [1.165, 1.54) is 12.8 Å². The van der Waals surface area contributed by atoms with E-state index in [-0.39, 0.29) is 24.0 Å². The molecule has 2 N–H and O–H groups in total. The summed E-state index contributed by atoms with van der Waals surface area (Å²) in [5, 5.41) is 6.71. The second-order valence-electron chi connectivity index (χ2n) is 7.10. The molecule has 1 saturated carbocycles. The van der Waals surface area contributed by atoms with Crippen molar-refractivity contribution in [3.05, 3.63) is 53.6 Å². The van der Waals surface area contributed by atoms with Crippen molar-refractivity contribution in [1.29, 1.82) is 0 Å². The molecule has 1 aliphatic rings. The molecule has 3 rings (SSSR count). The normalized spacial score (nSPS) is 14.0. The van der Waals surface area contributed by atoms with Crippen LogP contribution in [0.15, 0.2) is 47.5 Å². The average Bonchev–Trinajstić information content (AvgIpc) is 3.27. The first kappa shape index (κ1) is 24.1. The van der Waals surface area contributed by atoms with E-state index in [1.54, 1.807) is 21.3 Å². The topological polar surface area (TPSA) is 64.1 Å². The summed E-state index contributed by atoms with van der Waals surface area (Å²) in [6, 6.07) is 14.1. The minimum Gasteiger partial charge on any atom is -0.493 e. The molecule has 164 valence electrons. The zero-order valence-corrected chi connectivity index (χ0v) is 20.3. The van der Waals surface area contributed by atoms with E-state index >= 15 is 0 Å². The highest BCUT2D eigenvalue weighted by atomic mass is 127. The van der Waals surface area contributed by atoms with Crippen LogP contribution in [0.25, 0.3) is 0 Å². The number of benzene rings is 2. The highest BCUT2D eigenvalue weighted by Gasteiger charge is 2.17. The van der Waals surface area contributed by atoms with E-state index in [0.29, 0.717) is 24.9 Å². The largest absolute Gasteiger partial charge is 0.493 e. The molecule has 0 saturated heterocycles. The maximum atomic E-state index is 6.22. The molecular formula is C23H32IN3O3. The van der Waals surface area contributed by atoms with Crippen LogP contribution in [-0.4, -0.2) is 33.3 Å². The van der Waals surface area contributed by atoms with Crippen LogP contribution in [0.1, 0.15) is 36.8 Å². The number of nitrogens with zero attached hydrogens (tertiary/aromatic N) is 1. The summed E-state index contributed by atoms with van der Waals surface area (Å²) in [6.07, 6.45) is 5.17. The summed E-state index contributed by atoms with van der Waals surface area (Å²) < 4.78 is 16.9. The number of ether oxygens (including phenoxy) is 3. The van der Waals surface area contributed by atoms with Crippen molar-refractivity contribution < 1.29 is 14.2 Å². The molecule has 7 heteroatoms. The maximum Gasteiger partial charge on any atom is 0.191 e. The quantitative estimate of drug-likeness (QED) is 0.302. The number of guanidine groups is 1. The molecule has 0 radical (unpaired) electrons. The summed E-state index contributed by atoms with van der Waals surface area (Å²) in [5.74, 6) is 3.13. The second-order valence-corrected chi connectivity index (χ2v) is 7.10. The van der Waals surface area contributed by atoms with Crippen LogP contribution in [0.4, 0.5) is 0 Å². The summed E-state index contributed by atoms with van der Waals surface area (Å²) >= 11 is 0. The van der Waals surface area contributed by atoms with E-state index in [4.69, 9.17) is 14.2 Å². The lowest BCUT2D eigenvalue weighted by Crippen LogP contribution is -2.36. The summed E-state index contributed by atoms with van der Waals surface area (Å²) in [4.78, 5) is 4.33. The molecule has 0 spiro atoms. The summed E-state index contributed by atoms with van der Waals surface area (Å²) in [5.41, 5.74) is 2.21. The molecule has 30 heavy (non-hydrogen) atoms. The van der Waals surface area contributed by atoms with Gasteiger partial charge in [0.25, 0.3) is 0 Å². The summed E-state index contributed by atoms with van der Waals surface area (Å²) in [7, 11) is 5.04. The number of halogens is 1. The van der Waals surface area contributed by atoms with Gasteiger partial charge in [-0.25, -0.2) is 0 Å². The van der Waals surface area contributed by atoms with Crippen molar-refractivity contribution in [2.24, 2.45) is 4.99 Å². The first-order valence-electron chi connectivity index (χ1n) is 10.1. The number of aliphatic imine (C=N–C) groups is 1. The maximum absolute atomic E-state index is 6.22. The SMILES string of the molecule is CN=C(NCc1ccc(OC)c(OC)c1)NCc1ccccc1OC1CCCC1.I. The Labute approximate surface area is 196 Å². The fourth-order valence-electron chi connectivity index (χ4n) is 3.53. The van der Waals surface area contributed by atoms with Crippen LogP contribution >= 0.6 is 24.0 Å². The Kier molecular flexibility index (Phi) is 10.1. The Bertz CT molecular complexity index is 823. The average molecular weight is 525 g/mol. The van der Waals surface area contributed by atoms with Crippen LogP contribution < -0.4 is 24.8 Å². The molecule has 2 aromatic carbocycles. The smallest absolute Gasteiger partial charge is 0.191 e. The standard InChI is InChI=1S/C23H31N3O3.HI/c1-24-23(25-15-17-12-13-21(27-2)22(14-17)28-3)26-16-18-8-4-7-11-20(18)29-19-9-5-6-10-19;/h4,7-8,11-14,19H,5-6,9-10,15-16H2,1-3H3,(H2,24,25,26);1H. The highest BCUT2D eigenvalue weighted by molar-refractivity contribution is 14.0. The Morgan fingerprint density at radius 2 is 1.63 bits per heavy atom. The van der Waals surface area contributed by atoms with Crippen LogP contribution in [0.2, 0.25) is 0 Å². The first-order valence-corrected chi connectivity index (χ1v) is 10.1. The van der Waals surface area contributed by atoms with Gasteiger partial charge in [-0.15, -0.1) is 24.0 Å². The molecule has 0 unspecified atom stereocenters. The third kappa shape index (κ3) is 6.68. The van der Waals surface area contributed by atoms with Crippen molar-refractivity contribution in [1.82, 2.24) is 10.6 Å². The second kappa shape index (κ2) is 12.5. The van der Waals surface area contributed by atoms with Gasteiger partial charge in [-0.3, -0.25) is 4.99 Å². The molecule has 0 bridgehead atoms. The third-order valence-electron chi connectivity index (χ3n) is 5.15. The van der Waals surface area contributed by atoms with Crippen molar-refractivity contribution in [3.63, 3.8) is 0 Å². The zero-order chi connectivity index (χ0) is 20.5. The molecule has 2 aromatic rings. The number of para-hydroxylation sites is 1. The molecular weight excluding hydrogens is 493 g/mol. The predicted molar refractivity (Wildman–Crippen MR) is 131 cm³/mol.